The SMILES string of the molecule is CCOc1ccc(Oc2ccccc2C(CC)NC)cc1. The fourth-order valence-electron chi connectivity index (χ4n) is 2.34. The van der Waals surface area contributed by atoms with E-state index < -0.39 is 0 Å². The van der Waals surface area contributed by atoms with Crippen molar-refractivity contribution in [2.75, 3.05) is 13.7 Å². The summed E-state index contributed by atoms with van der Waals surface area (Å²) >= 11 is 0. The summed E-state index contributed by atoms with van der Waals surface area (Å²) < 4.78 is 11.5. The van der Waals surface area contributed by atoms with E-state index in [4.69, 9.17) is 9.47 Å². The summed E-state index contributed by atoms with van der Waals surface area (Å²) in [6.07, 6.45) is 1.01. The van der Waals surface area contributed by atoms with Gasteiger partial charge in [-0.3, -0.25) is 0 Å². The van der Waals surface area contributed by atoms with Gasteiger partial charge in [-0.2, -0.15) is 0 Å². The molecule has 0 aromatic heterocycles. The molecule has 0 aliphatic heterocycles. The highest BCUT2D eigenvalue weighted by atomic mass is 16.5. The number of hydrogen-bond donors (Lipinski definition) is 1. The van der Waals surface area contributed by atoms with E-state index in [-0.39, 0.29) is 0 Å². The van der Waals surface area contributed by atoms with E-state index in [0.29, 0.717) is 12.6 Å². The molecule has 0 fully saturated rings. The highest BCUT2D eigenvalue weighted by Gasteiger charge is 2.12. The van der Waals surface area contributed by atoms with Crippen molar-refractivity contribution in [1.29, 1.82) is 0 Å². The summed E-state index contributed by atoms with van der Waals surface area (Å²) in [6, 6.07) is 16.2. The fourth-order valence-corrected chi connectivity index (χ4v) is 2.34. The molecule has 0 saturated carbocycles. The zero-order valence-electron chi connectivity index (χ0n) is 12.9. The number of rotatable bonds is 7. The van der Waals surface area contributed by atoms with E-state index in [2.05, 4.69) is 18.3 Å². The Balaban J connectivity index is 2.19. The molecular weight excluding hydrogens is 262 g/mol. The molecule has 0 aliphatic carbocycles. The number of benzene rings is 2. The van der Waals surface area contributed by atoms with Crippen LogP contribution in [-0.2, 0) is 0 Å². The van der Waals surface area contributed by atoms with Gasteiger partial charge < -0.3 is 14.8 Å². The zero-order chi connectivity index (χ0) is 15.1. The Hall–Kier alpha value is -2.00. The van der Waals surface area contributed by atoms with Crippen molar-refractivity contribution in [3.8, 4) is 17.2 Å². The lowest BCUT2D eigenvalue weighted by molar-refractivity contribution is 0.339. The topological polar surface area (TPSA) is 30.5 Å². The van der Waals surface area contributed by atoms with Gasteiger partial charge in [-0.1, -0.05) is 25.1 Å². The molecule has 0 radical (unpaired) electrons. The second-order valence-corrected chi connectivity index (χ2v) is 4.79. The van der Waals surface area contributed by atoms with Crippen molar-refractivity contribution >= 4 is 0 Å². The molecule has 1 unspecified atom stereocenters. The van der Waals surface area contributed by atoms with E-state index >= 15 is 0 Å². The highest BCUT2D eigenvalue weighted by molar-refractivity contribution is 5.41. The van der Waals surface area contributed by atoms with Gasteiger partial charge in [0.25, 0.3) is 0 Å². The summed E-state index contributed by atoms with van der Waals surface area (Å²) in [5, 5.41) is 3.32. The number of para-hydroxylation sites is 1. The van der Waals surface area contributed by atoms with Gasteiger partial charge in [-0.15, -0.1) is 0 Å². The van der Waals surface area contributed by atoms with Crippen LogP contribution in [-0.4, -0.2) is 13.7 Å². The minimum absolute atomic E-state index is 0.295. The maximum absolute atomic E-state index is 6.03. The monoisotopic (exact) mass is 285 g/mol. The number of ether oxygens (including phenoxy) is 2. The quantitative estimate of drug-likeness (QED) is 0.809. The average Bonchev–Trinajstić information content (AvgIpc) is 2.52. The van der Waals surface area contributed by atoms with Crippen LogP contribution < -0.4 is 14.8 Å². The summed E-state index contributed by atoms with van der Waals surface area (Å²) in [6.45, 7) is 4.81. The molecule has 3 nitrogen and oxygen atoms in total. The molecule has 0 saturated heterocycles. The van der Waals surface area contributed by atoms with Crippen LogP contribution in [0.15, 0.2) is 48.5 Å². The Morgan fingerprint density at radius 2 is 1.62 bits per heavy atom. The van der Waals surface area contributed by atoms with Crippen LogP contribution in [0.3, 0.4) is 0 Å². The lowest BCUT2D eigenvalue weighted by Gasteiger charge is -2.18. The van der Waals surface area contributed by atoms with E-state index in [0.717, 1.165) is 23.7 Å². The molecule has 112 valence electrons. The Bertz CT molecular complexity index is 547. The van der Waals surface area contributed by atoms with Crippen molar-refractivity contribution in [1.82, 2.24) is 5.32 Å². The Kier molecular flexibility index (Phi) is 5.64. The van der Waals surface area contributed by atoms with Crippen molar-refractivity contribution in [3.63, 3.8) is 0 Å². The predicted octanol–water partition coefficient (Wildman–Crippen LogP) is 4.55. The van der Waals surface area contributed by atoms with Crippen LogP contribution in [0.5, 0.6) is 17.2 Å². The fraction of sp³-hybridized carbons (Fsp3) is 0.333. The minimum atomic E-state index is 0.295. The first-order valence-electron chi connectivity index (χ1n) is 7.45. The lowest BCUT2D eigenvalue weighted by Crippen LogP contribution is -2.15. The van der Waals surface area contributed by atoms with Crippen molar-refractivity contribution in [2.24, 2.45) is 0 Å². The van der Waals surface area contributed by atoms with E-state index in [1.165, 1.54) is 5.56 Å². The molecule has 1 atom stereocenters. The molecule has 2 rings (SSSR count). The van der Waals surface area contributed by atoms with Gasteiger partial charge in [-0.25, -0.2) is 0 Å². The Morgan fingerprint density at radius 1 is 0.952 bits per heavy atom. The highest BCUT2D eigenvalue weighted by Crippen LogP contribution is 2.31. The standard InChI is InChI=1S/C18H23NO2/c1-4-17(19-3)16-8-6-7-9-18(16)21-15-12-10-14(11-13-15)20-5-2/h6-13,17,19H,4-5H2,1-3H3. The molecular formula is C18H23NO2. The first-order chi connectivity index (χ1) is 10.3. The summed E-state index contributed by atoms with van der Waals surface area (Å²) in [5.41, 5.74) is 1.18. The molecule has 2 aromatic rings. The van der Waals surface area contributed by atoms with Gasteiger partial charge in [0.2, 0.25) is 0 Å². The third-order valence-corrected chi connectivity index (χ3v) is 3.41. The first kappa shape index (κ1) is 15.4. The normalized spacial score (nSPS) is 12.0. The van der Waals surface area contributed by atoms with Crippen LogP contribution in [0.25, 0.3) is 0 Å². The molecule has 21 heavy (non-hydrogen) atoms. The van der Waals surface area contributed by atoms with Gasteiger partial charge in [0.15, 0.2) is 0 Å². The molecule has 0 spiro atoms. The van der Waals surface area contributed by atoms with Crippen molar-refractivity contribution < 1.29 is 9.47 Å². The summed E-state index contributed by atoms with van der Waals surface area (Å²) in [5.74, 6) is 2.57. The zero-order valence-corrected chi connectivity index (χ0v) is 12.9. The van der Waals surface area contributed by atoms with Crippen molar-refractivity contribution in [2.45, 2.75) is 26.3 Å². The third-order valence-electron chi connectivity index (χ3n) is 3.41. The predicted molar refractivity (Wildman–Crippen MR) is 86.2 cm³/mol. The second kappa shape index (κ2) is 7.70. The molecule has 0 aliphatic rings. The third kappa shape index (κ3) is 3.99. The van der Waals surface area contributed by atoms with Crippen LogP contribution in [0, 0.1) is 0 Å². The molecule has 0 amide bonds. The van der Waals surface area contributed by atoms with Gasteiger partial charge in [0.05, 0.1) is 6.61 Å². The largest absolute Gasteiger partial charge is 0.494 e. The maximum atomic E-state index is 6.03. The van der Waals surface area contributed by atoms with Gasteiger partial charge >= 0.3 is 0 Å². The van der Waals surface area contributed by atoms with Crippen LogP contribution >= 0.6 is 0 Å². The number of nitrogens with one attached hydrogen (secondary N) is 1. The average molecular weight is 285 g/mol. The van der Waals surface area contributed by atoms with Gasteiger partial charge in [0, 0.05) is 11.6 Å². The van der Waals surface area contributed by atoms with E-state index in [1.807, 2.05) is 56.4 Å². The minimum Gasteiger partial charge on any atom is -0.494 e. The maximum Gasteiger partial charge on any atom is 0.132 e. The summed E-state index contributed by atoms with van der Waals surface area (Å²) in [4.78, 5) is 0. The van der Waals surface area contributed by atoms with Gasteiger partial charge in [0.1, 0.15) is 17.2 Å². The van der Waals surface area contributed by atoms with Crippen LogP contribution in [0.2, 0.25) is 0 Å². The van der Waals surface area contributed by atoms with Gasteiger partial charge in [-0.05, 0) is 50.7 Å². The second-order valence-electron chi connectivity index (χ2n) is 4.79. The van der Waals surface area contributed by atoms with Crippen LogP contribution in [0.1, 0.15) is 31.9 Å². The van der Waals surface area contributed by atoms with Crippen molar-refractivity contribution in [3.05, 3.63) is 54.1 Å². The first-order valence-corrected chi connectivity index (χ1v) is 7.45. The molecule has 0 heterocycles. The smallest absolute Gasteiger partial charge is 0.132 e. The summed E-state index contributed by atoms with van der Waals surface area (Å²) in [7, 11) is 1.97. The Labute approximate surface area is 126 Å². The molecule has 3 heteroatoms. The molecule has 0 bridgehead atoms. The Morgan fingerprint density at radius 3 is 2.24 bits per heavy atom. The molecule has 2 aromatic carbocycles. The lowest BCUT2D eigenvalue weighted by atomic mass is 10.0. The van der Waals surface area contributed by atoms with Crippen LogP contribution in [0.4, 0.5) is 0 Å². The molecule has 1 N–H and O–H groups in total. The van der Waals surface area contributed by atoms with E-state index in [9.17, 15) is 0 Å². The number of hydrogen-bond acceptors (Lipinski definition) is 3. The van der Waals surface area contributed by atoms with E-state index in [1.54, 1.807) is 0 Å².